The summed E-state index contributed by atoms with van der Waals surface area (Å²) in [5.74, 6) is -1.69. The lowest BCUT2D eigenvalue weighted by molar-refractivity contribution is -0.134. The largest absolute Gasteiger partial charge is 0.492 e. The van der Waals surface area contributed by atoms with Crippen molar-refractivity contribution in [2.45, 2.75) is 32.2 Å². The number of carboxylic acid groups (broad SMARTS) is 1. The van der Waals surface area contributed by atoms with Gasteiger partial charge in [0.2, 0.25) is 5.78 Å². The topological polar surface area (TPSA) is 75.6 Å². The molecule has 5 nitrogen and oxygen atoms in total. The molecule has 0 saturated carbocycles. The van der Waals surface area contributed by atoms with Gasteiger partial charge in [0.1, 0.15) is 11.8 Å². The lowest BCUT2D eigenvalue weighted by Crippen LogP contribution is -2.30. The molecule has 2 rings (SSSR count). The molecule has 90 valence electrons. The summed E-state index contributed by atoms with van der Waals surface area (Å²) in [5, 5.41) is 11.6. The molecule has 0 bridgehead atoms. The van der Waals surface area contributed by atoms with E-state index in [0.717, 1.165) is 12.3 Å². The molecule has 2 N–H and O–H groups in total. The predicted molar refractivity (Wildman–Crippen MR) is 58.0 cm³/mol. The summed E-state index contributed by atoms with van der Waals surface area (Å²) in [5.41, 5.74) is -0.269. The third kappa shape index (κ3) is 4.02. The molecule has 1 saturated heterocycles. The van der Waals surface area contributed by atoms with Gasteiger partial charge in [-0.1, -0.05) is 6.42 Å². The van der Waals surface area contributed by atoms with Crippen molar-refractivity contribution in [1.29, 1.82) is 0 Å². The van der Waals surface area contributed by atoms with Crippen LogP contribution in [0, 0.1) is 0 Å². The maximum atomic E-state index is 10.4. The number of hydrogen-bond acceptors (Lipinski definition) is 4. The van der Waals surface area contributed by atoms with Crippen molar-refractivity contribution in [2.24, 2.45) is 0 Å². The molecule has 0 aromatic heterocycles. The van der Waals surface area contributed by atoms with Gasteiger partial charge in [-0.05, 0) is 26.3 Å². The minimum atomic E-state index is -1.22. The van der Waals surface area contributed by atoms with Crippen LogP contribution in [0.25, 0.3) is 0 Å². The predicted octanol–water partition coefficient (Wildman–Crippen LogP) is 0.703. The molecular weight excluding hydrogens is 210 g/mol. The molecule has 1 unspecified atom stereocenters. The molecule has 2 aliphatic heterocycles. The number of rotatable bonds is 1. The number of Topliss-reactive ketones (excluding diaryl/α,β-unsaturated/α-hetero) is 1. The van der Waals surface area contributed by atoms with Crippen molar-refractivity contribution in [3.8, 4) is 0 Å². The maximum Gasteiger partial charge on any atom is 0.342 e. The van der Waals surface area contributed by atoms with Crippen molar-refractivity contribution in [3.63, 3.8) is 0 Å². The number of aliphatic carboxylic acids is 1. The number of ether oxygens (including phenoxy) is 1. The lowest BCUT2D eigenvalue weighted by atomic mass is 10.1. The second kappa shape index (κ2) is 6.27. The van der Waals surface area contributed by atoms with Gasteiger partial charge >= 0.3 is 5.97 Å². The molecule has 0 spiro atoms. The summed E-state index contributed by atoms with van der Waals surface area (Å²) >= 11 is 0. The van der Waals surface area contributed by atoms with E-state index in [1.807, 2.05) is 0 Å². The van der Waals surface area contributed by atoms with Gasteiger partial charge < -0.3 is 15.2 Å². The molecule has 0 aliphatic carbocycles. The Bertz CT molecular complexity index is 292. The third-order valence-corrected chi connectivity index (χ3v) is 2.50. The Kier molecular flexibility index (Phi) is 4.98. The van der Waals surface area contributed by atoms with E-state index in [0.29, 0.717) is 0 Å². The summed E-state index contributed by atoms with van der Waals surface area (Å²) in [7, 11) is 0. The highest BCUT2D eigenvalue weighted by Crippen LogP contribution is 2.05. The first kappa shape index (κ1) is 12.7. The first-order chi connectivity index (χ1) is 7.61. The van der Waals surface area contributed by atoms with Crippen LogP contribution < -0.4 is 5.32 Å². The normalized spacial score (nSPS) is 23.9. The zero-order valence-corrected chi connectivity index (χ0v) is 9.36. The Labute approximate surface area is 94.5 Å². The van der Waals surface area contributed by atoms with Crippen molar-refractivity contribution in [2.75, 3.05) is 13.2 Å². The molecule has 1 atom stereocenters. The van der Waals surface area contributed by atoms with E-state index in [-0.39, 0.29) is 12.2 Å². The molecule has 0 amide bonds. The fraction of sp³-hybridized carbons (Fsp3) is 0.636. The van der Waals surface area contributed by atoms with Gasteiger partial charge in [-0.2, -0.15) is 0 Å². The molecule has 0 radical (unpaired) electrons. The van der Waals surface area contributed by atoms with E-state index >= 15 is 0 Å². The average Bonchev–Trinajstić information content (AvgIpc) is 2.66. The minimum Gasteiger partial charge on any atom is -0.492 e. The Balaban J connectivity index is 0.000000165. The van der Waals surface area contributed by atoms with E-state index in [4.69, 9.17) is 5.11 Å². The second-order valence-corrected chi connectivity index (χ2v) is 3.92. The van der Waals surface area contributed by atoms with E-state index in [2.05, 4.69) is 17.0 Å². The van der Waals surface area contributed by atoms with E-state index < -0.39 is 11.8 Å². The number of piperidine rings is 1. The zero-order chi connectivity index (χ0) is 12.0. The van der Waals surface area contributed by atoms with Gasteiger partial charge in [-0.15, -0.1) is 0 Å². The van der Waals surface area contributed by atoms with E-state index in [1.54, 1.807) is 0 Å². The minimum absolute atomic E-state index is 0.137. The Morgan fingerprint density at radius 3 is 2.56 bits per heavy atom. The maximum absolute atomic E-state index is 10.4. The standard InChI is InChI=1S/C6H13N.C5H4O4/c1-6-4-2-3-5-7-6;6-4-2-9-1-3(4)5(7)8/h6-7H,2-5H2,1H3;1H,2H2,(H,7,8). The first-order valence-corrected chi connectivity index (χ1v) is 5.43. The van der Waals surface area contributed by atoms with Gasteiger partial charge in [0.15, 0.2) is 6.61 Å². The van der Waals surface area contributed by atoms with Gasteiger partial charge in [0.05, 0.1) is 0 Å². The van der Waals surface area contributed by atoms with Crippen molar-refractivity contribution < 1.29 is 19.4 Å². The summed E-state index contributed by atoms with van der Waals surface area (Å²) in [6.45, 7) is 3.35. The lowest BCUT2D eigenvalue weighted by Gasteiger charge is -2.18. The third-order valence-electron chi connectivity index (χ3n) is 2.50. The van der Waals surface area contributed by atoms with Crippen LogP contribution >= 0.6 is 0 Å². The smallest absolute Gasteiger partial charge is 0.342 e. The zero-order valence-electron chi connectivity index (χ0n) is 9.36. The molecule has 0 aromatic carbocycles. The van der Waals surface area contributed by atoms with Crippen molar-refractivity contribution in [3.05, 3.63) is 11.8 Å². The fourth-order valence-corrected chi connectivity index (χ4v) is 1.54. The summed E-state index contributed by atoms with van der Waals surface area (Å²) in [6.07, 6.45) is 5.14. The van der Waals surface area contributed by atoms with Gasteiger partial charge in [0, 0.05) is 6.04 Å². The summed E-state index contributed by atoms with van der Waals surface area (Å²) < 4.78 is 4.44. The molecule has 1 fully saturated rings. The highest BCUT2D eigenvalue weighted by atomic mass is 16.5. The quantitative estimate of drug-likeness (QED) is 0.645. The second-order valence-electron chi connectivity index (χ2n) is 3.92. The first-order valence-electron chi connectivity index (χ1n) is 5.43. The van der Waals surface area contributed by atoms with Crippen LogP contribution in [0.3, 0.4) is 0 Å². The van der Waals surface area contributed by atoms with Crippen molar-refractivity contribution in [1.82, 2.24) is 5.32 Å². The van der Waals surface area contributed by atoms with Crippen LogP contribution in [0.15, 0.2) is 11.8 Å². The molecule has 2 heterocycles. The Hall–Kier alpha value is -1.36. The number of ketones is 1. The van der Waals surface area contributed by atoms with Gasteiger partial charge in [0.25, 0.3) is 0 Å². The van der Waals surface area contributed by atoms with Crippen LogP contribution in [-0.4, -0.2) is 36.1 Å². The monoisotopic (exact) mass is 227 g/mol. The highest BCUT2D eigenvalue weighted by molar-refractivity contribution is 6.17. The molecular formula is C11H17NO4. The number of carbonyl (C=O) groups is 2. The SMILES string of the molecule is CC1CCCCN1.O=C(O)C1=COCC1=O. The van der Waals surface area contributed by atoms with Crippen LogP contribution in [0.4, 0.5) is 0 Å². The molecule has 2 aliphatic rings. The average molecular weight is 227 g/mol. The van der Waals surface area contributed by atoms with Crippen LogP contribution in [0.1, 0.15) is 26.2 Å². The van der Waals surface area contributed by atoms with Crippen molar-refractivity contribution >= 4 is 11.8 Å². The van der Waals surface area contributed by atoms with E-state index in [1.165, 1.54) is 25.8 Å². The van der Waals surface area contributed by atoms with Gasteiger partial charge in [-0.3, -0.25) is 4.79 Å². The number of nitrogens with one attached hydrogen (secondary N) is 1. The summed E-state index contributed by atoms with van der Waals surface area (Å²) in [6, 6.07) is 0.786. The van der Waals surface area contributed by atoms with Gasteiger partial charge in [-0.25, -0.2) is 4.79 Å². The van der Waals surface area contributed by atoms with Crippen LogP contribution in [0.2, 0.25) is 0 Å². The highest BCUT2D eigenvalue weighted by Gasteiger charge is 2.22. The number of hydrogen-bond donors (Lipinski definition) is 2. The number of carboxylic acids is 1. The van der Waals surface area contributed by atoms with Crippen LogP contribution in [0.5, 0.6) is 0 Å². The number of carbonyl (C=O) groups excluding carboxylic acids is 1. The molecule has 16 heavy (non-hydrogen) atoms. The van der Waals surface area contributed by atoms with E-state index in [9.17, 15) is 9.59 Å². The van der Waals surface area contributed by atoms with Crippen LogP contribution in [-0.2, 0) is 14.3 Å². The fourth-order valence-electron chi connectivity index (χ4n) is 1.54. The molecule has 0 aromatic rings. The molecule has 5 heteroatoms. The Morgan fingerprint density at radius 2 is 2.31 bits per heavy atom. The Morgan fingerprint density at radius 1 is 1.56 bits per heavy atom. The summed E-state index contributed by atoms with van der Waals surface area (Å²) in [4.78, 5) is 20.5.